The molecule has 3 rings (SSSR count). The first-order chi connectivity index (χ1) is 8.89. The first-order valence-corrected chi connectivity index (χ1v) is 7.87. The number of benzene rings is 1. The highest BCUT2D eigenvalue weighted by molar-refractivity contribution is 7.99. The molecule has 19 heavy (non-hydrogen) atoms. The van der Waals surface area contributed by atoms with Crippen molar-refractivity contribution in [1.82, 2.24) is 0 Å². The topological polar surface area (TPSA) is 35.2 Å². The van der Waals surface area contributed by atoms with Gasteiger partial charge < -0.3 is 10.5 Å². The minimum atomic E-state index is -0.243. The van der Waals surface area contributed by atoms with Crippen LogP contribution in [0, 0.1) is 11.2 Å². The molecule has 1 aromatic rings. The van der Waals surface area contributed by atoms with Gasteiger partial charge in [-0.05, 0) is 35.8 Å². The van der Waals surface area contributed by atoms with Gasteiger partial charge in [-0.1, -0.05) is 13.8 Å². The number of halogens is 1. The maximum atomic E-state index is 13.3. The highest BCUT2D eigenvalue weighted by Gasteiger charge is 2.46. The van der Waals surface area contributed by atoms with E-state index in [1.807, 2.05) is 11.8 Å². The minimum Gasteiger partial charge on any atom is -0.486 e. The van der Waals surface area contributed by atoms with Crippen LogP contribution >= 0.6 is 11.8 Å². The Bertz CT molecular complexity index is 505. The van der Waals surface area contributed by atoms with E-state index in [2.05, 4.69) is 13.8 Å². The number of hydrogen-bond acceptors (Lipinski definition) is 3. The average molecular weight is 281 g/mol. The number of ether oxygens (including phenoxy) is 1. The molecule has 1 spiro atoms. The molecule has 4 heteroatoms. The van der Waals surface area contributed by atoms with E-state index < -0.39 is 0 Å². The zero-order chi connectivity index (χ0) is 13.7. The third kappa shape index (κ3) is 2.48. The Morgan fingerprint density at radius 2 is 2.16 bits per heavy atom. The van der Waals surface area contributed by atoms with E-state index in [0.717, 1.165) is 35.7 Å². The van der Waals surface area contributed by atoms with E-state index in [-0.39, 0.29) is 22.9 Å². The normalized spacial score (nSPS) is 32.7. The van der Waals surface area contributed by atoms with Crippen LogP contribution in [-0.4, -0.2) is 17.1 Å². The van der Waals surface area contributed by atoms with Crippen LogP contribution < -0.4 is 10.5 Å². The molecule has 104 valence electrons. The quantitative estimate of drug-likeness (QED) is 0.790. The van der Waals surface area contributed by atoms with Gasteiger partial charge in [0, 0.05) is 23.8 Å². The fraction of sp³-hybridized carbons (Fsp3) is 0.600. The standard InChI is InChI=1S/C15H20FNOS/c1-14(2)7-15(9-19-8-14)6-12(17)11-5-10(16)3-4-13(11)18-15/h3-5,12H,6-9,17H2,1-2H3. The highest BCUT2D eigenvalue weighted by atomic mass is 32.2. The first-order valence-electron chi connectivity index (χ1n) is 6.71. The number of nitrogens with two attached hydrogens (primary N) is 1. The summed E-state index contributed by atoms with van der Waals surface area (Å²) in [4.78, 5) is 0. The Balaban J connectivity index is 1.94. The summed E-state index contributed by atoms with van der Waals surface area (Å²) in [5.74, 6) is 2.65. The van der Waals surface area contributed by atoms with Gasteiger partial charge in [0.15, 0.2) is 0 Å². The maximum Gasteiger partial charge on any atom is 0.125 e. The van der Waals surface area contributed by atoms with E-state index in [1.54, 1.807) is 6.07 Å². The van der Waals surface area contributed by atoms with Gasteiger partial charge in [-0.3, -0.25) is 0 Å². The molecule has 0 amide bonds. The predicted molar refractivity (Wildman–Crippen MR) is 77.0 cm³/mol. The van der Waals surface area contributed by atoms with Crippen LogP contribution in [0.4, 0.5) is 4.39 Å². The molecular weight excluding hydrogens is 261 g/mol. The van der Waals surface area contributed by atoms with Gasteiger partial charge >= 0.3 is 0 Å². The smallest absolute Gasteiger partial charge is 0.125 e. The van der Waals surface area contributed by atoms with Crippen molar-refractivity contribution in [2.24, 2.45) is 11.1 Å². The molecule has 0 radical (unpaired) electrons. The second kappa shape index (κ2) is 4.38. The monoisotopic (exact) mass is 281 g/mol. The van der Waals surface area contributed by atoms with Crippen LogP contribution in [0.15, 0.2) is 18.2 Å². The molecule has 2 unspecified atom stereocenters. The zero-order valence-electron chi connectivity index (χ0n) is 11.4. The number of hydrogen-bond donors (Lipinski definition) is 1. The summed E-state index contributed by atoms with van der Waals surface area (Å²) in [7, 11) is 0. The van der Waals surface area contributed by atoms with E-state index in [4.69, 9.17) is 10.5 Å². The lowest BCUT2D eigenvalue weighted by Crippen LogP contribution is -2.51. The van der Waals surface area contributed by atoms with Gasteiger partial charge in [0.2, 0.25) is 0 Å². The Kier molecular flexibility index (Phi) is 3.06. The van der Waals surface area contributed by atoms with Crippen LogP contribution in [-0.2, 0) is 0 Å². The molecule has 1 saturated heterocycles. The lowest BCUT2D eigenvalue weighted by molar-refractivity contribution is 0.0165. The van der Waals surface area contributed by atoms with Gasteiger partial charge in [-0.25, -0.2) is 4.39 Å². The Morgan fingerprint density at radius 3 is 2.89 bits per heavy atom. The molecule has 1 aromatic carbocycles. The summed E-state index contributed by atoms with van der Waals surface area (Å²) in [6.45, 7) is 4.55. The predicted octanol–water partition coefficient (Wildman–Crippen LogP) is 3.51. The van der Waals surface area contributed by atoms with Crippen LogP contribution in [0.2, 0.25) is 0 Å². The van der Waals surface area contributed by atoms with E-state index in [1.165, 1.54) is 12.1 Å². The third-order valence-electron chi connectivity index (χ3n) is 3.95. The lowest BCUT2D eigenvalue weighted by Gasteiger charge is -2.48. The SMILES string of the molecule is CC1(C)CSCC2(CC(N)c3cc(F)ccc3O2)C1. The van der Waals surface area contributed by atoms with Crippen molar-refractivity contribution in [3.8, 4) is 5.75 Å². The first kappa shape index (κ1) is 13.3. The zero-order valence-corrected chi connectivity index (χ0v) is 12.2. The maximum absolute atomic E-state index is 13.3. The highest BCUT2D eigenvalue weighted by Crippen LogP contribution is 2.48. The Morgan fingerprint density at radius 1 is 1.37 bits per heavy atom. The number of fused-ring (bicyclic) bond motifs is 1. The molecule has 2 N–H and O–H groups in total. The summed E-state index contributed by atoms with van der Waals surface area (Å²) in [6, 6.07) is 4.55. The fourth-order valence-electron chi connectivity index (χ4n) is 3.37. The molecule has 2 aliphatic heterocycles. The van der Waals surface area contributed by atoms with Crippen molar-refractivity contribution in [3.05, 3.63) is 29.6 Å². The molecule has 2 nitrogen and oxygen atoms in total. The summed E-state index contributed by atoms with van der Waals surface area (Å²) in [5.41, 5.74) is 7.14. The molecule has 0 aromatic heterocycles. The molecular formula is C15H20FNOS. The van der Waals surface area contributed by atoms with Crippen molar-refractivity contribution in [2.75, 3.05) is 11.5 Å². The van der Waals surface area contributed by atoms with Gasteiger partial charge in [-0.15, -0.1) is 0 Å². The summed E-state index contributed by atoms with van der Waals surface area (Å²) in [6.07, 6.45) is 1.79. The molecule has 2 aliphatic rings. The van der Waals surface area contributed by atoms with Crippen LogP contribution in [0.1, 0.15) is 38.3 Å². The molecule has 2 heterocycles. The Labute approximate surface area is 117 Å². The molecule has 0 aliphatic carbocycles. The van der Waals surface area contributed by atoms with Crippen molar-refractivity contribution >= 4 is 11.8 Å². The van der Waals surface area contributed by atoms with Crippen molar-refractivity contribution in [1.29, 1.82) is 0 Å². The van der Waals surface area contributed by atoms with Crippen molar-refractivity contribution in [2.45, 2.75) is 38.3 Å². The fourth-order valence-corrected chi connectivity index (χ4v) is 4.78. The van der Waals surface area contributed by atoms with Crippen LogP contribution in [0.5, 0.6) is 5.75 Å². The molecule has 0 saturated carbocycles. The molecule has 0 bridgehead atoms. The van der Waals surface area contributed by atoms with E-state index >= 15 is 0 Å². The van der Waals surface area contributed by atoms with Gasteiger partial charge in [0.05, 0.1) is 0 Å². The van der Waals surface area contributed by atoms with E-state index in [9.17, 15) is 4.39 Å². The lowest BCUT2D eigenvalue weighted by atomic mass is 9.76. The van der Waals surface area contributed by atoms with Crippen LogP contribution in [0.25, 0.3) is 0 Å². The second-order valence-corrected chi connectivity index (χ2v) is 7.60. The largest absolute Gasteiger partial charge is 0.486 e. The van der Waals surface area contributed by atoms with Gasteiger partial charge in [-0.2, -0.15) is 11.8 Å². The van der Waals surface area contributed by atoms with Gasteiger partial charge in [0.25, 0.3) is 0 Å². The molecule has 2 atom stereocenters. The van der Waals surface area contributed by atoms with E-state index in [0.29, 0.717) is 0 Å². The van der Waals surface area contributed by atoms with Crippen LogP contribution in [0.3, 0.4) is 0 Å². The second-order valence-electron chi connectivity index (χ2n) is 6.61. The van der Waals surface area contributed by atoms with Gasteiger partial charge in [0.1, 0.15) is 17.2 Å². The number of thioether (sulfide) groups is 1. The molecule has 1 fully saturated rings. The van der Waals surface area contributed by atoms with Crippen molar-refractivity contribution < 1.29 is 9.13 Å². The average Bonchev–Trinajstić information content (AvgIpc) is 2.29. The third-order valence-corrected chi connectivity index (χ3v) is 5.66. The minimum absolute atomic E-state index is 0.131. The summed E-state index contributed by atoms with van der Waals surface area (Å²) >= 11 is 1.93. The summed E-state index contributed by atoms with van der Waals surface area (Å²) < 4.78 is 19.6. The Hall–Kier alpha value is -0.740. The summed E-state index contributed by atoms with van der Waals surface area (Å²) in [5, 5.41) is 0. The number of rotatable bonds is 0. The van der Waals surface area contributed by atoms with Crippen molar-refractivity contribution in [3.63, 3.8) is 0 Å².